The van der Waals surface area contributed by atoms with Crippen LogP contribution in [0.1, 0.15) is 18.4 Å². The zero-order valence-corrected chi connectivity index (χ0v) is 10.6. The highest BCUT2D eigenvalue weighted by atomic mass is 35.5. The van der Waals surface area contributed by atoms with Gasteiger partial charge in [0, 0.05) is 17.1 Å². The third-order valence-electron chi connectivity index (χ3n) is 3.21. The van der Waals surface area contributed by atoms with Crippen molar-refractivity contribution in [1.29, 1.82) is 0 Å². The van der Waals surface area contributed by atoms with E-state index in [-0.39, 0.29) is 17.7 Å². The van der Waals surface area contributed by atoms with Crippen molar-refractivity contribution in [1.82, 2.24) is 4.90 Å². The van der Waals surface area contributed by atoms with Crippen molar-refractivity contribution in [2.45, 2.75) is 25.4 Å². The Morgan fingerprint density at radius 2 is 2.39 bits per heavy atom. The van der Waals surface area contributed by atoms with Gasteiger partial charge in [-0.1, -0.05) is 22.8 Å². The smallest absolute Gasteiger partial charge is 0.156 e. The number of nitrogens with two attached hydrogens (primary N) is 1. The van der Waals surface area contributed by atoms with Gasteiger partial charge in [-0.25, -0.2) is 4.39 Å². The van der Waals surface area contributed by atoms with Gasteiger partial charge in [0.25, 0.3) is 0 Å². The Kier molecular flexibility index (Phi) is 4.04. The molecule has 0 saturated carbocycles. The molecule has 0 radical (unpaired) electrons. The summed E-state index contributed by atoms with van der Waals surface area (Å²) in [7, 11) is 0. The van der Waals surface area contributed by atoms with Crippen LogP contribution in [0.25, 0.3) is 0 Å². The predicted octanol–water partition coefficient (Wildman–Crippen LogP) is 2.19. The molecule has 1 heterocycles. The Bertz CT molecular complexity index is 467. The van der Waals surface area contributed by atoms with Gasteiger partial charge in [0.15, 0.2) is 5.84 Å². The van der Waals surface area contributed by atoms with Crippen LogP contribution in [-0.2, 0) is 6.54 Å². The van der Waals surface area contributed by atoms with Crippen LogP contribution >= 0.6 is 11.6 Å². The molecule has 0 aliphatic carbocycles. The molecule has 4 nitrogen and oxygen atoms in total. The third-order valence-corrected chi connectivity index (χ3v) is 3.44. The second-order valence-electron chi connectivity index (χ2n) is 4.39. The quantitative estimate of drug-likeness (QED) is 0.383. The number of hydrogen-bond acceptors (Lipinski definition) is 3. The average molecular weight is 272 g/mol. The normalized spacial score (nSPS) is 21.4. The van der Waals surface area contributed by atoms with Gasteiger partial charge in [-0.2, -0.15) is 0 Å². The molecule has 1 aromatic rings. The summed E-state index contributed by atoms with van der Waals surface area (Å²) < 4.78 is 13.7. The molecule has 1 unspecified atom stereocenters. The Morgan fingerprint density at radius 3 is 3.06 bits per heavy atom. The van der Waals surface area contributed by atoms with E-state index < -0.39 is 0 Å². The Balaban J connectivity index is 2.13. The zero-order chi connectivity index (χ0) is 13.1. The maximum atomic E-state index is 13.7. The highest BCUT2D eigenvalue weighted by Crippen LogP contribution is 2.22. The van der Waals surface area contributed by atoms with Crippen molar-refractivity contribution in [2.75, 3.05) is 6.54 Å². The van der Waals surface area contributed by atoms with Gasteiger partial charge in [0.1, 0.15) is 5.82 Å². The van der Waals surface area contributed by atoms with E-state index in [1.807, 2.05) is 4.90 Å². The summed E-state index contributed by atoms with van der Waals surface area (Å²) in [5.41, 5.74) is 6.19. The molecule has 6 heteroatoms. The highest BCUT2D eigenvalue weighted by Gasteiger charge is 2.28. The van der Waals surface area contributed by atoms with Gasteiger partial charge < -0.3 is 10.9 Å². The largest absolute Gasteiger partial charge is 0.409 e. The molecule has 1 fully saturated rings. The summed E-state index contributed by atoms with van der Waals surface area (Å²) in [5.74, 6) is -0.144. The molecular weight excluding hydrogens is 257 g/mol. The number of halogens is 2. The molecule has 18 heavy (non-hydrogen) atoms. The third kappa shape index (κ3) is 2.73. The second-order valence-corrected chi connectivity index (χ2v) is 4.83. The van der Waals surface area contributed by atoms with Gasteiger partial charge in [-0.15, -0.1) is 0 Å². The van der Waals surface area contributed by atoms with E-state index in [0.717, 1.165) is 19.4 Å². The molecule has 1 aliphatic heterocycles. The summed E-state index contributed by atoms with van der Waals surface area (Å²) in [6.45, 7) is 1.24. The fraction of sp³-hybridized carbons (Fsp3) is 0.417. The second kappa shape index (κ2) is 5.54. The van der Waals surface area contributed by atoms with Crippen LogP contribution in [0, 0.1) is 5.82 Å². The van der Waals surface area contributed by atoms with Crippen molar-refractivity contribution in [3.05, 3.63) is 34.6 Å². The lowest BCUT2D eigenvalue weighted by atomic mass is 10.1. The first-order valence-electron chi connectivity index (χ1n) is 5.77. The topological polar surface area (TPSA) is 61.9 Å². The lowest BCUT2D eigenvalue weighted by Crippen LogP contribution is -2.40. The van der Waals surface area contributed by atoms with Gasteiger partial charge in [0.2, 0.25) is 0 Å². The minimum atomic E-state index is -0.326. The number of nitrogens with zero attached hydrogens (tertiary/aromatic N) is 2. The molecular formula is C12H15ClFN3O. The van der Waals surface area contributed by atoms with Crippen molar-refractivity contribution in [3.63, 3.8) is 0 Å². The van der Waals surface area contributed by atoms with Gasteiger partial charge >= 0.3 is 0 Å². The Labute approximate surface area is 110 Å². The fourth-order valence-corrected chi connectivity index (χ4v) is 2.44. The zero-order valence-electron chi connectivity index (χ0n) is 9.81. The standard InChI is InChI=1S/C12H15ClFN3O/c13-9-4-3-8(10(14)6-9)7-17-5-1-2-11(17)12(15)16-18/h3-4,6,11,18H,1-2,5,7H2,(H2,15,16). The maximum Gasteiger partial charge on any atom is 0.156 e. The molecule has 1 atom stereocenters. The summed E-state index contributed by atoms with van der Waals surface area (Å²) in [5, 5.41) is 12.1. The van der Waals surface area contributed by atoms with Crippen LogP contribution in [0.4, 0.5) is 4.39 Å². The van der Waals surface area contributed by atoms with E-state index in [1.54, 1.807) is 12.1 Å². The first-order chi connectivity index (χ1) is 8.61. The first-order valence-corrected chi connectivity index (χ1v) is 6.15. The molecule has 0 amide bonds. The van der Waals surface area contributed by atoms with Crippen LogP contribution in [0.15, 0.2) is 23.4 Å². The monoisotopic (exact) mass is 271 g/mol. The molecule has 0 aromatic heterocycles. The van der Waals surface area contributed by atoms with Crippen LogP contribution in [0.5, 0.6) is 0 Å². The van der Waals surface area contributed by atoms with E-state index in [2.05, 4.69) is 5.16 Å². The van der Waals surface area contributed by atoms with E-state index in [1.165, 1.54) is 6.07 Å². The van der Waals surface area contributed by atoms with Crippen molar-refractivity contribution >= 4 is 17.4 Å². The van der Waals surface area contributed by atoms with E-state index in [4.69, 9.17) is 22.5 Å². The van der Waals surface area contributed by atoms with Gasteiger partial charge in [-0.3, -0.25) is 4.90 Å². The van der Waals surface area contributed by atoms with Crippen molar-refractivity contribution < 1.29 is 9.60 Å². The molecule has 2 rings (SSSR count). The summed E-state index contributed by atoms with van der Waals surface area (Å²) in [6, 6.07) is 4.50. The maximum absolute atomic E-state index is 13.7. The van der Waals surface area contributed by atoms with Gasteiger partial charge in [-0.05, 0) is 31.5 Å². The van der Waals surface area contributed by atoms with E-state index in [9.17, 15) is 4.39 Å². The van der Waals surface area contributed by atoms with Crippen LogP contribution in [0.2, 0.25) is 5.02 Å². The highest BCUT2D eigenvalue weighted by molar-refractivity contribution is 6.30. The first kappa shape index (κ1) is 13.1. The minimum Gasteiger partial charge on any atom is -0.409 e. The SMILES string of the molecule is N/C(=N/O)C1CCCN1Cc1ccc(Cl)cc1F. The van der Waals surface area contributed by atoms with E-state index in [0.29, 0.717) is 17.1 Å². The van der Waals surface area contributed by atoms with E-state index >= 15 is 0 Å². The van der Waals surface area contributed by atoms with Gasteiger partial charge in [0.05, 0.1) is 6.04 Å². The number of amidine groups is 1. The summed E-state index contributed by atoms with van der Waals surface area (Å²) >= 11 is 5.71. The summed E-state index contributed by atoms with van der Waals surface area (Å²) in [4.78, 5) is 2.00. The number of rotatable bonds is 3. The summed E-state index contributed by atoms with van der Waals surface area (Å²) in [6.07, 6.45) is 1.78. The number of benzene rings is 1. The predicted molar refractivity (Wildman–Crippen MR) is 68.3 cm³/mol. The molecule has 3 N–H and O–H groups in total. The lowest BCUT2D eigenvalue weighted by molar-refractivity contribution is 0.272. The average Bonchev–Trinajstić information content (AvgIpc) is 2.80. The molecule has 1 aromatic carbocycles. The lowest BCUT2D eigenvalue weighted by Gasteiger charge is -2.23. The molecule has 1 saturated heterocycles. The van der Waals surface area contributed by atoms with Crippen LogP contribution < -0.4 is 5.73 Å². The fourth-order valence-electron chi connectivity index (χ4n) is 2.29. The van der Waals surface area contributed by atoms with Crippen LogP contribution in [-0.4, -0.2) is 28.5 Å². The number of likely N-dealkylation sites (tertiary alicyclic amines) is 1. The molecule has 1 aliphatic rings. The molecule has 0 spiro atoms. The molecule has 98 valence electrons. The van der Waals surface area contributed by atoms with Crippen LogP contribution in [0.3, 0.4) is 0 Å². The Hall–Kier alpha value is -1.33. The molecule has 0 bridgehead atoms. The number of oxime groups is 1. The Morgan fingerprint density at radius 1 is 1.61 bits per heavy atom. The minimum absolute atomic E-state index is 0.120. The van der Waals surface area contributed by atoms with Crippen molar-refractivity contribution in [3.8, 4) is 0 Å². The van der Waals surface area contributed by atoms with Crippen molar-refractivity contribution in [2.24, 2.45) is 10.9 Å². The number of hydrogen-bond donors (Lipinski definition) is 2.